The first-order valence-electron chi connectivity index (χ1n) is 8.44. The van der Waals surface area contributed by atoms with E-state index in [0.717, 1.165) is 32.1 Å². The summed E-state index contributed by atoms with van der Waals surface area (Å²) in [5.41, 5.74) is 0.672. The maximum atomic E-state index is 12.5. The molecule has 8 heteroatoms. The average molecular weight is 380 g/mol. The molecule has 1 fully saturated rings. The Kier molecular flexibility index (Phi) is 6.27. The van der Waals surface area contributed by atoms with Crippen LogP contribution in [0.4, 0.5) is 13.8 Å². The van der Waals surface area contributed by atoms with Crippen LogP contribution < -0.4 is 15.0 Å². The number of thiophene rings is 1. The number of rotatable bonds is 5. The topological polar surface area (TPSA) is 40.1 Å². The highest BCUT2D eigenvalue weighted by molar-refractivity contribution is 7.14. The largest absolute Gasteiger partial charge is 0.434 e. The van der Waals surface area contributed by atoms with Crippen molar-refractivity contribution in [3.05, 3.63) is 47.3 Å². The number of benzene rings is 1. The molecule has 26 heavy (non-hydrogen) atoms. The summed E-state index contributed by atoms with van der Waals surface area (Å²) in [5, 5.41) is 6.62. The van der Waals surface area contributed by atoms with Crippen LogP contribution in [-0.2, 0) is 6.54 Å². The first-order valence-corrected chi connectivity index (χ1v) is 9.32. The molecule has 140 valence electrons. The van der Waals surface area contributed by atoms with Crippen LogP contribution in [0, 0.1) is 0 Å². The molecule has 2 aromatic rings. The number of halogens is 2. The second kappa shape index (κ2) is 8.84. The molecule has 1 aromatic heterocycles. The zero-order valence-electron chi connectivity index (χ0n) is 14.6. The lowest BCUT2D eigenvalue weighted by molar-refractivity contribution is -0.0504. The van der Waals surface area contributed by atoms with Crippen molar-refractivity contribution in [3.8, 4) is 5.75 Å². The Morgan fingerprint density at radius 3 is 2.62 bits per heavy atom. The Bertz CT molecular complexity index is 716. The van der Waals surface area contributed by atoms with E-state index >= 15 is 0 Å². The van der Waals surface area contributed by atoms with Gasteiger partial charge in [0.25, 0.3) is 0 Å². The van der Waals surface area contributed by atoms with Crippen molar-refractivity contribution in [2.24, 2.45) is 4.99 Å². The molecular weight excluding hydrogens is 358 g/mol. The van der Waals surface area contributed by atoms with Crippen molar-refractivity contribution in [1.29, 1.82) is 0 Å². The van der Waals surface area contributed by atoms with Gasteiger partial charge in [0.05, 0.1) is 5.00 Å². The van der Waals surface area contributed by atoms with Crippen molar-refractivity contribution in [2.75, 3.05) is 38.1 Å². The molecule has 1 N–H and O–H groups in total. The van der Waals surface area contributed by atoms with Crippen LogP contribution in [0.5, 0.6) is 5.75 Å². The Balaban J connectivity index is 1.56. The third-order valence-electron chi connectivity index (χ3n) is 4.23. The Morgan fingerprint density at radius 1 is 1.19 bits per heavy atom. The smallest absolute Gasteiger partial charge is 0.387 e. The Hall–Kier alpha value is -2.35. The molecule has 0 atom stereocenters. The summed E-state index contributed by atoms with van der Waals surface area (Å²) in [5.74, 6) is 0.954. The van der Waals surface area contributed by atoms with Gasteiger partial charge < -0.3 is 19.9 Å². The molecule has 1 aromatic carbocycles. The van der Waals surface area contributed by atoms with Gasteiger partial charge in [-0.3, -0.25) is 4.99 Å². The van der Waals surface area contributed by atoms with E-state index in [1.807, 2.05) is 0 Å². The lowest BCUT2D eigenvalue weighted by Crippen LogP contribution is -2.52. The number of anilines is 1. The van der Waals surface area contributed by atoms with E-state index in [4.69, 9.17) is 0 Å². The maximum absolute atomic E-state index is 12.5. The fourth-order valence-electron chi connectivity index (χ4n) is 2.96. The third kappa shape index (κ3) is 4.63. The van der Waals surface area contributed by atoms with Gasteiger partial charge in [-0.2, -0.15) is 8.78 Å². The minimum absolute atomic E-state index is 0.188. The first-order chi connectivity index (χ1) is 12.7. The second-order valence-electron chi connectivity index (χ2n) is 5.81. The van der Waals surface area contributed by atoms with Gasteiger partial charge in [-0.15, -0.1) is 11.3 Å². The standard InChI is InChI=1S/C18H22F2N4OS/c1-21-18(22-13-14-5-2-3-6-15(14)25-17(19)20)24-10-8-23(9-11-24)16-7-4-12-26-16/h2-7,12,17H,8-11,13H2,1H3,(H,21,22). The molecule has 1 aliphatic heterocycles. The number of hydrogen-bond donors (Lipinski definition) is 1. The highest BCUT2D eigenvalue weighted by Gasteiger charge is 2.20. The van der Waals surface area contributed by atoms with Gasteiger partial charge in [-0.25, -0.2) is 0 Å². The van der Waals surface area contributed by atoms with Crippen molar-refractivity contribution in [1.82, 2.24) is 10.2 Å². The molecule has 1 saturated heterocycles. The number of para-hydroxylation sites is 1. The summed E-state index contributed by atoms with van der Waals surface area (Å²) in [6.45, 7) is 1.10. The van der Waals surface area contributed by atoms with Crippen LogP contribution >= 0.6 is 11.3 Å². The van der Waals surface area contributed by atoms with Gasteiger partial charge in [-0.1, -0.05) is 18.2 Å². The summed E-state index contributed by atoms with van der Waals surface area (Å²) in [7, 11) is 1.73. The van der Waals surface area contributed by atoms with Gasteiger partial charge in [0.1, 0.15) is 5.75 Å². The maximum Gasteiger partial charge on any atom is 0.387 e. The van der Waals surface area contributed by atoms with Gasteiger partial charge in [-0.05, 0) is 23.6 Å². The van der Waals surface area contributed by atoms with Crippen LogP contribution in [-0.4, -0.2) is 50.7 Å². The lowest BCUT2D eigenvalue weighted by atomic mass is 10.2. The molecule has 0 aliphatic carbocycles. The SMILES string of the molecule is CN=C(NCc1ccccc1OC(F)F)N1CCN(c2cccs2)CC1. The zero-order valence-corrected chi connectivity index (χ0v) is 15.4. The third-order valence-corrected chi connectivity index (χ3v) is 5.16. The molecule has 0 amide bonds. The van der Waals surface area contributed by atoms with E-state index in [-0.39, 0.29) is 5.75 Å². The summed E-state index contributed by atoms with van der Waals surface area (Å²) < 4.78 is 29.6. The van der Waals surface area contributed by atoms with Crippen LogP contribution in [0.3, 0.4) is 0 Å². The Labute approximate surface area is 155 Å². The Morgan fingerprint density at radius 2 is 1.96 bits per heavy atom. The fraction of sp³-hybridized carbons (Fsp3) is 0.389. The molecule has 0 spiro atoms. The lowest BCUT2D eigenvalue weighted by Gasteiger charge is -2.37. The zero-order chi connectivity index (χ0) is 18.4. The van der Waals surface area contributed by atoms with Crippen LogP contribution in [0.1, 0.15) is 5.56 Å². The number of guanidine groups is 1. The first kappa shape index (κ1) is 18.4. The molecule has 3 rings (SSSR count). The van der Waals surface area contributed by atoms with Crippen LogP contribution in [0.25, 0.3) is 0 Å². The monoisotopic (exact) mass is 380 g/mol. The quantitative estimate of drug-likeness (QED) is 0.639. The van der Waals surface area contributed by atoms with E-state index < -0.39 is 6.61 Å². The number of nitrogens with zero attached hydrogens (tertiary/aromatic N) is 3. The second-order valence-corrected chi connectivity index (χ2v) is 6.74. The predicted octanol–water partition coefficient (Wildman–Crippen LogP) is 3.25. The highest BCUT2D eigenvalue weighted by Crippen LogP contribution is 2.23. The molecule has 1 aliphatic rings. The van der Waals surface area contributed by atoms with Gasteiger partial charge in [0, 0.05) is 45.3 Å². The number of aliphatic imine (C=N–C) groups is 1. The molecule has 0 radical (unpaired) electrons. The summed E-state index contributed by atoms with van der Waals surface area (Å²) in [6.07, 6.45) is 0. The highest BCUT2D eigenvalue weighted by atomic mass is 32.1. The average Bonchev–Trinajstić information content (AvgIpc) is 3.18. The molecule has 5 nitrogen and oxygen atoms in total. The number of alkyl halides is 2. The normalized spacial score (nSPS) is 15.5. The molecule has 2 heterocycles. The van der Waals surface area contributed by atoms with Crippen molar-refractivity contribution in [2.45, 2.75) is 13.2 Å². The summed E-state index contributed by atoms with van der Waals surface area (Å²) in [6, 6.07) is 11.0. The van der Waals surface area contributed by atoms with E-state index in [2.05, 4.69) is 42.4 Å². The molecular formula is C18H22F2N4OS. The number of piperazine rings is 1. The summed E-state index contributed by atoms with van der Waals surface area (Å²) in [4.78, 5) is 8.87. The minimum Gasteiger partial charge on any atom is -0.434 e. The van der Waals surface area contributed by atoms with Crippen molar-refractivity contribution < 1.29 is 13.5 Å². The van der Waals surface area contributed by atoms with E-state index in [0.29, 0.717) is 12.1 Å². The molecule has 0 bridgehead atoms. The van der Waals surface area contributed by atoms with Gasteiger partial charge >= 0.3 is 6.61 Å². The van der Waals surface area contributed by atoms with Crippen LogP contribution in [0.2, 0.25) is 0 Å². The molecule has 0 unspecified atom stereocenters. The van der Waals surface area contributed by atoms with Crippen molar-refractivity contribution in [3.63, 3.8) is 0 Å². The van der Waals surface area contributed by atoms with E-state index in [1.165, 1.54) is 5.00 Å². The van der Waals surface area contributed by atoms with E-state index in [9.17, 15) is 8.78 Å². The predicted molar refractivity (Wildman–Crippen MR) is 101 cm³/mol. The molecule has 0 saturated carbocycles. The van der Waals surface area contributed by atoms with Gasteiger partial charge in [0.15, 0.2) is 5.96 Å². The van der Waals surface area contributed by atoms with Gasteiger partial charge in [0.2, 0.25) is 0 Å². The number of hydrogen-bond acceptors (Lipinski definition) is 4. The van der Waals surface area contributed by atoms with Crippen molar-refractivity contribution >= 4 is 22.3 Å². The number of ether oxygens (including phenoxy) is 1. The minimum atomic E-state index is -2.83. The number of nitrogens with one attached hydrogen (secondary N) is 1. The van der Waals surface area contributed by atoms with E-state index in [1.54, 1.807) is 42.6 Å². The van der Waals surface area contributed by atoms with Crippen LogP contribution in [0.15, 0.2) is 46.8 Å². The fourth-order valence-corrected chi connectivity index (χ4v) is 3.74. The summed E-state index contributed by atoms with van der Waals surface area (Å²) >= 11 is 1.75.